The second-order valence-electron chi connectivity index (χ2n) is 6.77. The van der Waals surface area contributed by atoms with Crippen molar-refractivity contribution in [1.29, 1.82) is 0 Å². The number of hydrogen-bond acceptors (Lipinski definition) is 2. The summed E-state index contributed by atoms with van der Waals surface area (Å²) in [5, 5.41) is 9.61. The molecule has 1 aliphatic carbocycles. The van der Waals surface area contributed by atoms with Gasteiger partial charge in [-0.3, -0.25) is 4.79 Å². The normalized spacial score (nSPS) is 24.2. The summed E-state index contributed by atoms with van der Waals surface area (Å²) in [4.78, 5) is 14.2. The molecule has 1 saturated carbocycles. The molecule has 3 nitrogen and oxygen atoms in total. The first-order valence-corrected chi connectivity index (χ1v) is 8.09. The van der Waals surface area contributed by atoms with E-state index in [1.165, 1.54) is 0 Å². The van der Waals surface area contributed by atoms with Gasteiger partial charge < -0.3 is 5.11 Å². The van der Waals surface area contributed by atoms with Gasteiger partial charge in [0, 0.05) is 11.6 Å². The van der Waals surface area contributed by atoms with Crippen LogP contribution in [0.4, 0.5) is 67.2 Å². The Morgan fingerprint density at radius 1 is 0.824 bits per heavy atom. The summed E-state index contributed by atoms with van der Waals surface area (Å²) in [5.74, 6) is -43.7. The molecule has 0 aliphatic heterocycles. The van der Waals surface area contributed by atoms with E-state index in [2.05, 4.69) is 4.85 Å². The Morgan fingerprint density at radius 3 is 1.62 bits per heavy atom. The minimum atomic E-state index is -7.58. The Morgan fingerprint density at radius 2 is 1.24 bits per heavy atom. The van der Waals surface area contributed by atoms with Crippen LogP contribution in [0.1, 0.15) is 11.1 Å². The number of aliphatic hydroxyl groups excluding tert-OH is 1. The van der Waals surface area contributed by atoms with Crippen molar-refractivity contribution >= 4 is 17.2 Å². The maximum atomic E-state index is 14.6. The largest absolute Gasteiger partial charge is 0.507 e. The van der Waals surface area contributed by atoms with Gasteiger partial charge in [-0.15, -0.1) is 0 Å². The van der Waals surface area contributed by atoms with E-state index < -0.39 is 75.9 Å². The molecule has 0 amide bonds. The molecule has 1 N–H and O–H groups in total. The molecule has 0 heterocycles. The van der Waals surface area contributed by atoms with E-state index >= 15 is 0 Å². The highest BCUT2D eigenvalue weighted by atomic mass is 19.4. The molecule has 2 rings (SSSR count). The van der Waals surface area contributed by atoms with Gasteiger partial charge in [-0.1, -0.05) is 12.1 Å². The van der Waals surface area contributed by atoms with Crippen LogP contribution in [-0.4, -0.2) is 46.2 Å². The standard InChI is InChI=1S/C17H5F14NO2/c1-32-8-3-2-6(4-7(8)12(19,20)21)9(33)5-10(34)11(18)13(22,23)15(26,27)17(30,31)16(28,29)14(11,24)25/h2-5,33H/b9-5-. The zero-order valence-corrected chi connectivity index (χ0v) is 15.4. The van der Waals surface area contributed by atoms with E-state index in [9.17, 15) is 71.4 Å². The van der Waals surface area contributed by atoms with E-state index in [1.807, 2.05) is 0 Å². The molecule has 1 aliphatic rings. The predicted octanol–water partition coefficient (Wildman–Crippen LogP) is 6.62. The van der Waals surface area contributed by atoms with Gasteiger partial charge in [0.25, 0.3) is 0 Å². The molecule has 0 aromatic heterocycles. The third-order valence-corrected chi connectivity index (χ3v) is 4.77. The first-order chi connectivity index (χ1) is 15.0. The molecular formula is C17H5F14NO2. The Kier molecular flexibility index (Phi) is 5.77. The van der Waals surface area contributed by atoms with Gasteiger partial charge in [-0.25, -0.2) is 9.24 Å². The molecule has 0 bridgehead atoms. The van der Waals surface area contributed by atoms with Crippen LogP contribution in [0.15, 0.2) is 24.3 Å². The lowest BCUT2D eigenvalue weighted by atomic mass is 9.70. The van der Waals surface area contributed by atoms with Crippen LogP contribution >= 0.6 is 0 Å². The molecule has 1 fully saturated rings. The Labute approximate surface area is 178 Å². The number of halogens is 14. The van der Waals surface area contributed by atoms with Gasteiger partial charge in [0.1, 0.15) is 5.76 Å². The molecule has 0 atom stereocenters. The summed E-state index contributed by atoms with van der Waals surface area (Å²) in [7, 11) is 0. The van der Waals surface area contributed by atoms with Crippen molar-refractivity contribution < 1.29 is 71.4 Å². The fourth-order valence-corrected chi connectivity index (χ4v) is 2.86. The van der Waals surface area contributed by atoms with Gasteiger partial charge in [-0.05, 0) is 6.07 Å². The maximum absolute atomic E-state index is 14.6. The van der Waals surface area contributed by atoms with Gasteiger partial charge in [0.15, 0.2) is 5.69 Å². The number of hydrogen-bond donors (Lipinski definition) is 1. The molecule has 34 heavy (non-hydrogen) atoms. The fraction of sp³-hybridized carbons (Fsp3) is 0.412. The summed E-state index contributed by atoms with van der Waals surface area (Å²) in [6.45, 7) is 6.58. The number of rotatable bonds is 3. The zero-order valence-electron chi connectivity index (χ0n) is 15.4. The number of aliphatic hydroxyl groups is 1. The van der Waals surface area contributed by atoms with E-state index in [4.69, 9.17) is 6.57 Å². The third-order valence-electron chi connectivity index (χ3n) is 4.77. The van der Waals surface area contributed by atoms with Crippen LogP contribution in [-0.2, 0) is 11.0 Å². The molecule has 17 heteroatoms. The van der Waals surface area contributed by atoms with Crippen molar-refractivity contribution in [2.24, 2.45) is 0 Å². The number of carbonyl (C=O) groups excluding carboxylic acids is 1. The molecule has 1 aromatic rings. The SMILES string of the molecule is [C-]#[N+]c1ccc(/C(O)=C/C(=O)C2(F)C(F)(F)C(F)(F)C(F)(F)C(F)(F)C2(F)F)cc1C(F)(F)F. The molecule has 0 spiro atoms. The molecule has 1 aromatic carbocycles. The van der Waals surface area contributed by atoms with Crippen molar-refractivity contribution in [3.63, 3.8) is 0 Å². The van der Waals surface area contributed by atoms with Crippen LogP contribution in [0, 0.1) is 6.57 Å². The zero-order chi connectivity index (χ0) is 26.9. The maximum Gasteiger partial charge on any atom is 0.407 e. The summed E-state index contributed by atoms with van der Waals surface area (Å²) in [5.41, 5.74) is -11.5. The first kappa shape index (κ1) is 27.2. The average Bonchev–Trinajstić information content (AvgIpc) is 2.70. The Hall–Kier alpha value is -3.06. The van der Waals surface area contributed by atoms with Crippen molar-refractivity contribution in [2.45, 2.75) is 41.5 Å². The highest BCUT2D eigenvalue weighted by Gasteiger charge is 3.02. The highest BCUT2D eigenvalue weighted by Crippen LogP contribution is 2.69. The molecular weight excluding hydrogens is 516 g/mol. The fourth-order valence-electron chi connectivity index (χ4n) is 2.86. The van der Waals surface area contributed by atoms with E-state index in [-0.39, 0.29) is 12.1 Å². The predicted molar refractivity (Wildman–Crippen MR) is 81.9 cm³/mol. The minimum Gasteiger partial charge on any atom is -0.507 e. The molecule has 0 saturated heterocycles. The lowest BCUT2D eigenvalue weighted by Gasteiger charge is -2.51. The van der Waals surface area contributed by atoms with Gasteiger partial charge in [0.05, 0.1) is 12.1 Å². The smallest absolute Gasteiger partial charge is 0.407 e. The summed E-state index contributed by atoms with van der Waals surface area (Å²) in [6.07, 6.45) is -6.52. The quantitative estimate of drug-likeness (QED) is 0.210. The Balaban J connectivity index is 2.74. The number of benzene rings is 1. The van der Waals surface area contributed by atoms with Crippen LogP contribution < -0.4 is 0 Å². The summed E-state index contributed by atoms with van der Waals surface area (Å²) >= 11 is 0. The summed E-state index contributed by atoms with van der Waals surface area (Å²) < 4.78 is 189. The lowest BCUT2D eigenvalue weighted by molar-refractivity contribution is -0.475. The second-order valence-corrected chi connectivity index (χ2v) is 6.77. The minimum absolute atomic E-state index is 0.189. The lowest BCUT2D eigenvalue weighted by Crippen LogP contribution is -2.85. The number of carbonyl (C=O) groups is 1. The van der Waals surface area contributed by atoms with Crippen LogP contribution in [0.5, 0.6) is 0 Å². The van der Waals surface area contributed by atoms with Crippen molar-refractivity contribution in [1.82, 2.24) is 0 Å². The number of ketones is 1. The van der Waals surface area contributed by atoms with Crippen molar-refractivity contribution in [3.8, 4) is 0 Å². The second kappa shape index (κ2) is 7.22. The van der Waals surface area contributed by atoms with E-state index in [1.54, 1.807) is 0 Å². The molecule has 188 valence electrons. The first-order valence-electron chi connectivity index (χ1n) is 8.09. The van der Waals surface area contributed by atoms with E-state index in [0.717, 1.165) is 0 Å². The van der Waals surface area contributed by atoms with E-state index in [0.29, 0.717) is 6.07 Å². The summed E-state index contributed by atoms with van der Waals surface area (Å²) in [6, 6.07) is 0.421. The van der Waals surface area contributed by atoms with Crippen molar-refractivity contribution in [2.75, 3.05) is 0 Å². The highest BCUT2D eigenvalue weighted by molar-refractivity contribution is 6.03. The van der Waals surface area contributed by atoms with Crippen LogP contribution in [0.3, 0.4) is 0 Å². The Bertz CT molecular complexity index is 1070. The van der Waals surface area contributed by atoms with Crippen LogP contribution in [0.25, 0.3) is 10.6 Å². The average molecular weight is 521 g/mol. The monoisotopic (exact) mass is 521 g/mol. The molecule has 0 unspecified atom stereocenters. The van der Waals surface area contributed by atoms with Gasteiger partial charge >= 0.3 is 41.5 Å². The third kappa shape index (κ3) is 3.06. The number of allylic oxidation sites excluding steroid dienone is 1. The van der Waals surface area contributed by atoms with Gasteiger partial charge in [0.2, 0.25) is 5.78 Å². The van der Waals surface area contributed by atoms with Crippen LogP contribution in [0.2, 0.25) is 0 Å². The number of alkyl halides is 14. The molecule has 0 radical (unpaired) electrons. The van der Waals surface area contributed by atoms with Crippen molar-refractivity contribution in [3.05, 3.63) is 46.8 Å². The number of nitrogens with zero attached hydrogens (tertiary/aromatic N) is 1. The topological polar surface area (TPSA) is 41.7 Å². The van der Waals surface area contributed by atoms with Gasteiger partial charge in [-0.2, -0.15) is 57.1 Å².